The molecule has 8 nitrogen and oxygen atoms in total. The summed E-state index contributed by atoms with van der Waals surface area (Å²) in [5.41, 5.74) is 2.23. The molecule has 0 spiro atoms. The number of ether oxygens (including phenoxy) is 1. The zero-order valence-electron chi connectivity index (χ0n) is 16.4. The van der Waals surface area contributed by atoms with Gasteiger partial charge in [0.15, 0.2) is 5.65 Å². The first-order valence-corrected chi connectivity index (χ1v) is 10.0. The first kappa shape index (κ1) is 18.8. The lowest BCUT2D eigenvalue weighted by atomic mass is 10.0. The van der Waals surface area contributed by atoms with Crippen LogP contribution >= 0.6 is 0 Å². The molecule has 0 saturated carbocycles. The highest BCUT2D eigenvalue weighted by Gasteiger charge is 2.31. The first-order chi connectivity index (χ1) is 14.6. The van der Waals surface area contributed by atoms with Crippen LogP contribution in [0.4, 0.5) is 10.2 Å². The van der Waals surface area contributed by atoms with Crippen molar-refractivity contribution in [2.75, 3.05) is 31.2 Å². The van der Waals surface area contributed by atoms with Crippen LogP contribution in [0.15, 0.2) is 36.7 Å². The molecular formula is C21H22FN5O3. The minimum atomic E-state index is -0.588. The summed E-state index contributed by atoms with van der Waals surface area (Å²) in [6.07, 6.45) is 5.37. The molecule has 2 aliphatic rings. The van der Waals surface area contributed by atoms with Gasteiger partial charge in [-0.05, 0) is 37.1 Å². The van der Waals surface area contributed by atoms with E-state index >= 15 is 0 Å². The maximum Gasteiger partial charge on any atom is 0.248 e. The number of aliphatic hydroxyl groups excluding tert-OH is 1. The van der Waals surface area contributed by atoms with Crippen molar-refractivity contribution in [1.29, 1.82) is 0 Å². The summed E-state index contributed by atoms with van der Waals surface area (Å²) in [5, 5.41) is 13.7. The monoisotopic (exact) mass is 411 g/mol. The smallest absolute Gasteiger partial charge is 0.248 e. The average Bonchev–Trinajstić information content (AvgIpc) is 3.39. The number of hydrogen-bond acceptors (Lipinski definition) is 6. The maximum absolute atomic E-state index is 14.1. The fraction of sp³-hybridized carbons (Fsp3) is 0.381. The molecule has 1 fully saturated rings. The van der Waals surface area contributed by atoms with E-state index < -0.39 is 12.5 Å². The van der Waals surface area contributed by atoms with Crippen molar-refractivity contribution in [3.05, 3.63) is 53.6 Å². The second-order valence-corrected chi connectivity index (χ2v) is 7.58. The minimum Gasteiger partial charge on any atom is -0.491 e. The van der Waals surface area contributed by atoms with E-state index in [4.69, 9.17) is 9.72 Å². The summed E-state index contributed by atoms with van der Waals surface area (Å²) >= 11 is 0. The molecule has 30 heavy (non-hydrogen) atoms. The third-order valence-electron chi connectivity index (χ3n) is 5.77. The predicted octanol–water partition coefficient (Wildman–Crippen LogP) is 1.92. The number of nitrogens with zero attached hydrogens (tertiary/aromatic N) is 5. The Morgan fingerprint density at radius 3 is 3.07 bits per heavy atom. The van der Waals surface area contributed by atoms with Gasteiger partial charge >= 0.3 is 0 Å². The summed E-state index contributed by atoms with van der Waals surface area (Å²) in [7, 11) is 0. The topological polar surface area (TPSA) is 83.2 Å². The Labute approximate surface area is 172 Å². The highest BCUT2D eigenvalue weighted by Crippen LogP contribution is 2.40. The molecular weight excluding hydrogens is 389 g/mol. The second-order valence-electron chi connectivity index (χ2n) is 7.58. The standard InChI is InChI=1S/C21H22FN5O3/c22-15-3-4-18-16(10-15)17-2-1-6-26(17)19-5-7-27-21(24-19)14(11-23-27)12-25(8-9-30-18)20(29)13-28/h3-5,7,10-11,17,28H,1-2,6,8-9,12-13H2/t17-/m1/s1. The van der Waals surface area contributed by atoms with Crippen LogP contribution in [-0.2, 0) is 11.3 Å². The molecule has 4 heterocycles. The fourth-order valence-corrected chi connectivity index (χ4v) is 4.32. The third kappa shape index (κ3) is 3.24. The Morgan fingerprint density at radius 1 is 1.30 bits per heavy atom. The number of anilines is 1. The van der Waals surface area contributed by atoms with Gasteiger partial charge in [-0.3, -0.25) is 4.79 Å². The highest BCUT2D eigenvalue weighted by atomic mass is 19.1. The van der Waals surface area contributed by atoms with Crippen molar-refractivity contribution in [2.45, 2.75) is 25.4 Å². The lowest BCUT2D eigenvalue weighted by Crippen LogP contribution is -2.36. The quantitative estimate of drug-likeness (QED) is 0.659. The van der Waals surface area contributed by atoms with E-state index in [1.807, 2.05) is 12.3 Å². The van der Waals surface area contributed by atoms with Crippen LogP contribution < -0.4 is 9.64 Å². The van der Waals surface area contributed by atoms with Gasteiger partial charge in [0, 0.05) is 23.9 Å². The molecule has 0 aliphatic carbocycles. The number of hydrogen-bond donors (Lipinski definition) is 1. The van der Waals surface area contributed by atoms with Crippen LogP contribution in [0.2, 0.25) is 0 Å². The summed E-state index contributed by atoms with van der Waals surface area (Å²) in [6.45, 7) is 0.995. The van der Waals surface area contributed by atoms with Gasteiger partial charge in [-0.15, -0.1) is 0 Å². The second kappa shape index (κ2) is 7.56. The van der Waals surface area contributed by atoms with Gasteiger partial charge in [-0.1, -0.05) is 0 Å². The van der Waals surface area contributed by atoms with Gasteiger partial charge in [-0.25, -0.2) is 13.9 Å². The van der Waals surface area contributed by atoms with Crippen molar-refractivity contribution in [2.24, 2.45) is 0 Å². The van der Waals surface area contributed by atoms with Crippen LogP contribution in [-0.4, -0.2) is 56.8 Å². The number of amides is 1. The summed E-state index contributed by atoms with van der Waals surface area (Å²) in [4.78, 5) is 20.8. The Balaban J connectivity index is 1.64. The van der Waals surface area contributed by atoms with E-state index in [0.717, 1.165) is 36.3 Å². The molecule has 9 heteroatoms. The van der Waals surface area contributed by atoms with Crippen molar-refractivity contribution in [1.82, 2.24) is 19.5 Å². The Bertz CT molecular complexity index is 1100. The molecule has 1 N–H and O–H groups in total. The predicted molar refractivity (Wildman–Crippen MR) is 107 cm³/mol. The highest BCUT2D eigenvalue weighted by molar-refractivity contribution is 5.77. The van der Waals surface area contributed by atoms with E-state index in [-0.39, 0.29) is 31.6 Å². The maximum atomic E-state index is 14.1. The number of benzene rings is 1. The van der Waals surface area contributed by atoms with Gasteiger partial charge < -0.3 is 19.6 Å². The largest absolute Gasteiger partial charge is 0.491 e. The van der Waals surface area contributed by atoms with Crippen molar-refractivity contribution in [3.8, 4) is 5.75 Å². The fourth-order valence-electron chi connectivity index (χ4n) is 4.32. The number of carbonyl (C=O) groups is 1. The molecule has 0 unspecified atom stereocenters. The third-order valence-corrected chi connectivity index (χ3v) is 5.77. The zero-order chi connectivity index (χ0) is 20.7. The Kier molecular flexibility index (Phi) is 4.74. The van der Waals surface area contributed by atoms with Crippen LogP contribution in [0.5, 0.6) is 5.75 Å². The molecule has 2 aromatic heterocycles. The lowest BCUT2D eigenvalue weighted by Gasteiger charge is -2.27. The average molecular weight is 411 g/mol. The van der Waals surface area contributed by atoms with Gasteiger partial charge in [0.05, 0.1) is 25.3 Å². The van der Waals surface area contributed by atoms with E-state index in [2.05, 4.69) is 10.00 Å². The van der Waals surface area contributed by atoms with E-state index in [0.29, 0.717) is 11.4 Å². The lowest BCUT2D eigenvalue weighted by molar-refractivity contribution is -0.135. The molecule has 2 aliphatic heterocycles. The van der Waals surface area contributed by atoms with E-state index in [1.165, 1.54) is 17.0 Å². The van der Waals surface area contributed by atoms with Crippen LogP contribution in [0.25, 0.3) is 5.65 Å². The van der Waals surface area contributed by atoms with Crippen molar-refractivity contribution < 1.29 is 19.0 Å². The zero-order valence-corrected chi connectivity index (χ0v) is 16.4. The molecule has 156 valence electrons. The number of halogens is 1. The Hall–Kier alpha value is -3.20. The summed E-state index contributed by atoms with van der Waals surface area (Å²) in [5.74, 6) is 0.672. The molecule has 0 radical (unpaired) electrons. The minimum absolute atomic E-state index is 0.0482. The molecule has 1 saturated heterocycles. The molecule has 2 bridgehead atoms. The van der Waals surface area contributed by atoms with Gasteiger partial charge in [0.25, 0.3) is 0 Å². The molecule has 1 aromatic carbocycles. The first-order valence-electron chi connectivity index (χ1n) is 10.0. The van der Waals surface area contributed by atoms with E-state index in [1.54, 1.807) is 16.8 Å². The van der Waals surface area contributed by atoms with Crippen LogP contribution in [0.1, 0.15) is 30.0 Å². The van der Waals surface area contributed by atoms with Crippen LogP contribution in [0.3, 0.4) is 0 Å². The number of fused-ring (bicyclic) bond motifs is 5. The van der Waals surface area contributed by atoms with Gasteiger partial charge in [0.2, 0.25) is 5.91 Å². The van der Waals surface area contributed by atoms with Gasteiger partial charge in [-0.2, -0.15) is 5.10 Å². The SMILES string of the molecule is O=C(CO)N1CCOc2ccc(F)cc2[C@H]2CCCN2c2ccn3ncc(c3n2)C1. The molecule has 5 rings (SSSR count). The van der Waals surface area contributed by atoms with E-state index in [9.17, 15) is 14.3 Å². The number of carbonyl (C=O) groups excluding carboxylic acids is 1. The number of aliphatic hydroxyl groups is 1. The molecule has 1 amide bonds. The Morgan fingerprint density at radius 2 is 2.20 bits per heavy atom. The summed E-state index contributed by atoms with van der Waals surface area (Å²) in [6, 6.07) is 6.41. The summed E-state index contributed by atoms with van der Waals surface area (Å²) < 4.78 is 21.8. The van der Waals surface area contributed by atoms with Crippen LogP contribution in [0, 0.1) is 5.82 Å². The molecule has 3 aromatic rings. The molecule has 1 atom stereocenters. The van der Waals surface area contributed by atoms with Gasteiger partial charge in [0.1, 0.15) is 30.6 Å². The number of aromatic nitrogens is 3. The van der Waals surface area contributed by atoms with Crippen molar-refractivity contribution in [3.63, 3.8) is 0 Å². The van der Waals surface area contributed by atoms with Crippen molar-refractivity contribution >= 4 is 17.4 Å². The normalized spacial score (nSPS) is 18.9. The number of rotatable bonds is 1.